The minimum atomic E-state index is 0. The molecule has 2 aromatic rings. The average Bonchev–Trinajstić information content (AvgIpc) is 2.48. The van der Waals surface area contributed by atoms with E-state index in [4.69, 9.17) is 10.9 Å². The molecule has 0 saturated carbocycles. The first kappa shape index (κ1) is 13.1. The van der Waals surface area contributed by atoms with Gasteiger partial charge in [-0.05, 0) is 28.1 Å². The Hall–Kier alpha value is -0.890. The lowest BCUT2D eigenvalue weighted by atomic mass is 10.5. The summed E-state index contributed by atoms with van der Waals surface area (Å²) in [6.07, 6.45) is 1.80. The maximum absolute atomic E-state index is 6.50. The molecule has 0 fully saturated rings. The molecule has 0 aromatic carbocycles. The molecule has 0 bridgehead atoms. The lowest BCUT2D eigenvalue weighted by Gasteiger charge is -1.89. The molecule has 2 rings (SSSR count). The summed E-state index contributed by atoms with van der Waals surface area (Å²) in [5, 5.41) is 10.4. The maximum Gasteiger partial charge on any atom is 0.240 e. The molecule has 0 radical (unpaired) electrons. The van der Waals surface area contributed by atoms with E-state index in [0.29, 0.717) is 5.95 Å². The molecule has 8 heteroatoms. The topological polar surface area (TPSA) is 102 Å². The number of hydrogen-bond acceptors (Lipinski definition) is 5. The first-order chi connectivity index (χ1) is 6.25. The molecule has 0 aliphatic rings. The van der Waals surface area contributed by atoms with Gasteiger partial charge in [0.1, 0.15) is 0 Å². The van der Waals surface area contributed by atoms with Gasteiger partial charge in [0, 0.05) is 10.7 Å². The Balaban J connectivity index is 0.000000531. The van der Waals surface area contributed by atoms with Crippen molar-refractivity contribution in [2.24, 2.45) is 5.90 Å². The second kappa shape index (κ2) is 5.76. The van der Waals surface area contributed by atoms with Gasteiger partial charge in [-0.15, -0.1) is 17.5 Å². The van der Waals surface area contributed by atoms with Crippen molar-refractivity contribution >= 4 is 39.9 Å². The maximum atomic E-state index is 6.50. The molecule has 14 heavy (non-hydrogen) atoms. The molecular formula is C6H9BrClN5O. The monoisotopic (exact) mass is 281 g/mol. The van der Waals surface area contributed by atoms with Gasteiger partial charge in [0.15, 0.2) is 5.65 Å². The summed E-state index contributed by atoms with van der Waals surface area (Å²) in [4.78, 5) is 3.96. The van der Waals surface area contributed by atoms with E-state index in [1.165, 1.54) is 0 Å². The first-order valence-corrected chi connectivity index (χ1v) is 4.08. The molecule has 0 saturated heterocycles. The Bertz CT molecular complexity index is 406. The zero-order valence-electron chi connectivity index (χ0n) is 6.96. The quantitative estimate of drug-likeness (QED) is 0.621. The summed E-state index contributed by atoms with van der Waals surface area (Å²) in [6.45, 7) is 0. The van der Waals surface area contributed by atoms with Crippen molar-refractivity contribution in [2.45, 2.75) is 0 Å². The third kappa shape index (κ3) is 2.81. The molecule has 2 aromatic heterocycles. The number of anilines is 1. The predicted molar refractivity (Wildman–Crippen MR) is 58.3 cm³/mol. The molecule has 0 aliphatic heterocycles. The number of hydrogen-bond donors (Lipinski definition) is 3. The highest BCUT2D eigenvalue weighted by atomic mass is 79.9. The molecule has 0 spiro atoms. The summed E-state index contributed by atoms with van der Waals surface area (Å²) < 4.78 is 2.58. The van der Waals surface area contributed by atoms with Crippen molar-refractivity contribution < 1.29 is 5.21 Å². The molecule has 0 atom stereocenters. The van der Waals surface area contributed by atoms with E-state index in [9.17, 15) is 0 Å². The molecular weight excluding hydrogens is 273 g/mol. The molecule has 0 unspecified atom stereocenters. The van der Waals surface area contributed by atoms with Crippen LogP contribution in [0.2, 0.25) is 0 Å². The number of nitrogens with two attached hydrogens (primary N) is 2. The van der Waals surface area contributed by atoms with Gasteiger partial charge in [-0.25, -0.2) is 10.4 Å². The fourth-order valence-electron chi connectivity index (χ4n) is 0.875. The minimum absolute atomic E-state index is 0. The lowest BCUT2D eigenvalue weighted by Crippen LogP contribution is -1.88. The fourth-order valence-corrected chi connectivity index (χ4v) is 1.20. The van der Waals surface area contributed by atoms with Gasteiger partial charge < -0.3 is 10.9 Å². The number of nitrogen functional groups attached to an aromatic ring is 1. The summed E-state index contributed by atoms with van der Waals surface area (Å²) in [7, 11) is 0. The van der Waals surface area contributed by atoms with Crippen LogP contribution in [0.3, 0.4) is 0 Å². The number of nitrogens with zero attached hydrogens (tertiary/aromatic N) is 3. The van der Waals surface area contributed by atoms with Crippen molar-refractivity contribution in [1.82, 2.24) is 14.6 Å². The molecule has 0 aliphatic carbocycles. The predicted octanol–water partition coefficient (Wildman–Crippen LogP) is 0.830. The third-order valence-corrected chi connectivity index (χ3v) is 1.78. The third-order valence-electron chi connectivity index (χ3n) is 1.31. The van der Waals surface area contributed by atoms with Crippen molar-refractivity contribution in [3.8, 4) is 0 Å². The number of rotatable bonds is 0. The number of fused-ring (bicyclic) bond motifs is 1. The molecule has 78 valence electrons. The number of pyridine rings is 1. The van der Waals surface area contributed by atoms with Crippen LogP contribution >= 0.6 is 28.3 Å². The van der Waals surface area contributed by atoms with Gasteiger partial charge in [-0.3, -0.25) is 0 Å². The van der Waals surface area contributed by atoms with Gasteiger partial charge >= 0.3 is 0 Å². The summed E-state index contributed by atoms with van der Waals surface area (Å²) >= 11 is 3.31. The Morgan fingerprint density at radius 3 is 2.64 bits per heavy atom. The van der Waals surface area contributed by atoms with E-state index >= 15 is 0 Å². The van der Waals surface area contributed by atoms with Crippen molar-refractivity contribution in [2.75, 3.05) is 5.73 Å². The highest BCUT2D eigenvalue weighted by Gasteiger charge is 1.97. The van der Waals surface area contributed by atoms with Gasteiger partial charge in [0.2, 0.25) is 5.95 Å². The smallest absolute Gasteiger partial charge is 0.240 e. The fraction of sp³-hybridized carbons (Fsp3) is 0. The molecule has 5 N–H and O–H groups in total. The lowest BCUT2D eigenvalue weighted by molar-refractivity contribution is 0.311. The van der Waals surface area contributed by atoms with Crippen LogP contribution in [0.15, 0.2) is 22.8 Å². The van der Waals surface area contributed by atoms with Crippen molar-refractivity contribution in [3.63, 3.8) is 0 Å². The van der Waals surface area contributed by atoms with Crippen LogP contribution in [0, 0.1) is 0 Å². The molecule has 2 heterocycles. The highest BCUT2D eigenvalue weighted by molar-refractivity contribution is 9.10. The Morgan fingerprint density at radius 1 is 1.36 bits per heavy atom. The summed E-state index contributed by atoms with van der Waals surface area (Å²) in [6, 6.07) is 3.73. The van der Waals surface area contributed by atoms with E-state index in [-0.39, 0.29) is 12.4 Å². The Morgan fingerprint density at radius 2 is 2.00 bits per heavy atom. The van der Waals surface area contributed by atoms with Crippen LogP contribution in [0.5, 0.6) is 0 Å². The van der Waals surface area contributed by atoms with E-state index in [1.54, 1.807) is 10.7 Å². The average molecular weight is 283 g/mol. The minimum Gasteiger partial charge on any atom is -0.366 e. The second-order valence-electron chi connectivity index (χ2n) is 2.12. The Kier molecular flexibility index (Phi) is 5.39. The highest BCUT2D eigenvalue weighted by Crippen LogP contribution is 2.10. The summed E-state index contributed by atoms with van der Waals surface area (Å²) in [5.74, 6) is 3.79. The normalized spacial score (nSPS) is 8.79. The second-order valence-corrected chi connectivity index (χ2v) is 3.04. The van der Waals surface area contributed by atoms with Gasteiger partial charge in [0.05, 0.1) is 0 Å². The van der Waals surface area contributed by atoms with Crippen LogP contribution in [-0.4, -0.2) is 19.8 Å². The van der Waals surface area contributed by atoms with E-state index in [2.05, 4.69) is 31.9 Å². The Labute approximate surface area is 94.4 Å². The largest absolute Gasteiger partial charge is 0.366 e. The van der Waals surface area contributed by atoms with E-state index in [0.717, 1.165) is 10.1 Å². The standard InChI is InChI=1S/C6H5BrN4.ClH.H3NO/c7-4-1-2-5-9-6(8)10-11(5)3-4;;1-2/h1-3H,(H2,8,10);1H;2H,1H2. The van der Waals surface area contributed by atoms with Crippen LogP contribution in [0.1, 0.15) is 0 Å². The molecule has 6 nitrogen and oxygen atoms in total. The van der Waals surface area contributed by atoms with Gasteiger partial charge in [-0.1, -0.05) is 0 Å². The zero-order valence-corrected chi connectivity index (χ0v) is 9.36. The zero-order chi connectivity index (χ0) is 9.84. The van der Waals surface area contributed by atoms with Crippen LogP contribution in [0.25, 0.3) is 5.65 Å². The number of aromatic nitrogens is 3. The first-order valence-electron chi connectivity index (χ1n) is 3.29. The van der Waals surface area contributed by atoms with E-state index in [1.807, 2.05) is 12.1 Å². The van der Waals surface area contributed by atoms with Crippen LogP contribution < -0.4 is 11.6 Å². The SMILES string of the molecule is Cl.NO.Nc1nc2ccc(Br)cn2n1. The number of halogens is 2. The van der Waals surface area contributed by atoms with Crippen molar-refractivity contribution in [3.05, 3.63) is 22.8 Å². The summed E-state index contributed by atoms with van der Waals surface area (Å²) in [5.41, 5.74) is 6.14. The van der Waals surface area contributed by atoms with Gasteiger partial charge in [-0.2, -0.15) is 4.98 Å². The van der Waals surface area contributed by atoms with E-state index < -0.39 is 0 Å². The molecule has 0 amide bonds. The van der Waals surface area contributed by atoms with Crippen molar-refractivity contribution in [1.29, 1.82) is 0 Å². The van der Waals surface area contributed by atoms with Crippen LogP contribution in [0.4, 0.5) is 5.95 Å². The van der Waals surface area contributed by atoms with Crippen LogP contribution in [-0.2, 0) is 0 Å². The van der Waals surface area contributed by atoms with Gasteiger partial charge in [0.25, 0.3) is 0 Å².